The monoisotopic (exact) mass is 205 g/mol. The Balaban J connectivity index is 2.03. The highest BCUT2D eigenvalue weighted by Crippen LogP contribution is 2.65. The van der Waals surface area contributed by atoms with Gasteiger partial charge in [0, 0.05) is 19.0 Å². The van der Waals surface area contributed by atoms with Gasteiger partial charge in [0.1, 0.15) is 0 Å². The average molecular weight is 205 g/mol. The maximum Gasteiger partial charge on any atom is 0.0212 e. The van der Waals surface area contributed by atoms with Gasteiger partial charge in [0.05, 0.1) is 0 Å². The van der Waals surface area contributed by atoms with Crippen molar-refractivity contribution in [3.63, 3.8) is 0 Å². The molecule has 0 aromatic rings. The molecule has 0 spiro atoms. The fourth-order valence-electron chi connectivity index (χ4n) is 3.83. The molecule has 2 fully saturated rings. The standard InChI is InChI=1S/C14H23N/c1-5-6-9-15-12-10-11-7-8-14(12,4)13(11,2)3/h1,11-12,15H,6-10H2,2-4H3. The van der Waals surface area contributed by atoms with Crippen molar-refractivity contribution in [2.24, 2.45) is 16.7 Å². The predicted octanol–water partition coefficient (Wildman–Crippen LogP) is 2.81. The zero-order valence-corrected chi connectivity index (χ0v) is 10.3. The van der Waals surface area contributed by atoms with Crippen LogP contribution in [0.5, 0.6) is 0 Å². The number of hydrogen-bond donors (Lipinski definition) is 1. The van der Waals surface area contributed by atoms with E-state index in [1.807, 2.05) is 0 Å². The van der Waals surface area contributed by atoms with Gasteiger partial charge in [-0.25, -0.2) is 0 Å². The highest BCUT2D eigenvalue weighted by Gasteiger charge is 2.60. The Morgan fingerprint density at radius 3 is 2.60 bits per heavy atom. The van der Waals surface area contributed by atoms with Crippen molar-refractivity contribution in [1.82, 2.24) is 5.32 Å². The lowest BCUT2D eigenvalue weighted by Crippen LogP contribution is -2.44. The summed E-state index contributed by atoms with van der Waals surface area (Å²) >= 11 is 0. The molecule has 0 aromatic carbocycles. The molecule has 1 N–H and O–H groups in total. The molecule has 15 heavy (non-hydrogen) atoms. The molecule has 0 radical (unpaired) electrons. The molecule has 2 rings (SSSR count). The number of hydrogen-bond acceptors (Lipinski definition) is 1. The maximum absolute atomic E-state index is 5.29. The van der Waals surface area contributed by atoms with Crippen LogP contribution in [0.3, 0.4) is 0 Å². The zero-order chi connectivity index (χ0) is 11.1. The Kier molecular flexibility index (Phi) is 2.59. The summed E-state index contributed by atoms with van der Waals surface area (Å²) in [6.07, 6.45) is 10.3. The zero-order valence-electron chi connectivity index (χ0n) is 10.3. The first-order valence-electron chi connectivity index (χ1n) is 6.19. The van der Waals surface area contributed by atoms with Crippen LogP contribution in [0.4, 0.5) is 0 Å². The van der Waals surface area contributed by atoms with Crippen molar-refractivity contribution in [2.45, 2.75) is 52.5 Å². The van der Waals surface area contributed by atoms with E-state index in [1.54, 1.807) is 0 Å². The topological polar surface area (TPSA) is 12.0 Å². The minimum atomic E-state index is 0.492. The third kappa shape index (κ3) is 1.42. The molecule has 0 aliphatic heterocycles. The predicted molar refractivity (Wildman–Crippen MR) is 64.5 cm³/mol. The maximum atomic E-state index is 5.29. The third-order valence-electron chi connectivity index (χ3n) is 5.45. The molecule has 2 bridgehead atoms. The molecular formula is C14H23N. The van der Waals surface area contributed by atoms with Gasteiger partial charge in [0.2, 0.25) is 0 Å². The fraction of sp³-hybridized carbons (Fsp3) is 0.857. The van der Waals surface area contributed by atoms with Crippen molar-refractivity contribution in [2.75, 3.05) is 6.54 Å². The summed E-state index contributed by atoms with van der Waals surface area (Å²) in [7, 11) is 0. The van der Waals surface area contributed by atoms with Crippen LogP contribution < -0.4 is 5.32 Å². The number of terminal acetylenes is 1. The summed E-state index contributed by atoms with van der Waals surface area (Å²) < 4.78 is 0. The van der Waals surface area contributed by atoms with Crippen molar-refractivity contribution in [1.29, 1.82) is 0 Å². The lowest BCUT2D eigenvalue weighted by molar-refractivity contribution is 0.122. The Bertz CT molecular complexity index is 286. The minimum Gasteiger partial charge on any atom is -0.312 e. The summed E-state index contributed by atoms with van der Waals surface area (Å²) in [6, 6.07) is 0.694. The second-order valence-corrected chi connectivity index (χ2v) is 6.07. The highest BCUT2D eigenvalue weighted by atomic mass is 15.0. The van der Waals surface area contributed by atoms with E-state index in [-0.39, 0.29) is 0 Å². The van der Waals surface area contributed by atoms with Crippen LogP contribution in [0.25, 0.3) is 0 Å². The number of nitrogens with one attached hydrogen (secondary N) is 1. The molecule has 1 heteroatoms. The average Bonchev–Trinajstić information content (AvgIpc) is 2.51. The quantitative estimate of drug-likeness (QED) is 0.552. The van der Waals surface area contributed by atoms with Gasteiger partial charge >= 0.3 is 0 Å². The summed E-state index contributed by atoms with van der Waals surface area (Å²) in [6.45, 7) is 8.36. The van der Waals surface area contributed by atoms with Gasteiger partial charge in [-0.2, -0.15) is 0 Å². The van der Waals surface area contributed by atoms with Crippen LogP contribution in [0.15, 0.2) is 0 Å². The normalized spacial score (nSPS) is 41.7. The highest BCUT2D eigenvalue weighted by molar-refractivity contribution is 5.13. The molecule has 0 heterocycles. The largest absolute Gasteiger partial charge is 0.312 e. The van der Waals surface area contributed by atoms with E-state index >= 15 is 0 Å². The molecule has 0 aromatic heterocycles. The smallest absolute Gasteiger partial charge is 0.0212 e. The summed E-state index contributed by atoms with van der Waals surface area (Å²) in [5.41, 5.74) is 1.01. The Hall–Kier alpha value is -0.480. The first-order valence-corrected chi connectivity index (χ1v) is 6.19. The SMILES string of the molecule is C#CCCNC1CC2CCC1(C)C2(C)C. The molecule has 84 valence electrons. The molecule has 3 atom stereocenters. The van der Waals surface area contributed by atoms with Gasteiger partial charge in [-0.1, -0.05) is 20.8 Å². The minimum absolute atomic E-state index is 0.492. The van der Waals surface area contributed by atoms with E-state index in [1.165, 1.54) is 19.3 Å². The summed E-state index contributed by atoms with van der Waals surface area (Å²) in [4.78, 5) is 0. The number of fused-ring (bicyclic) bond motifs is 2. The van der Waals surface area contributed by atoms with E-state index in [2.05, 4.69) is 32.0 Å². The van der Waals surface area contributed by atoms with Crippen molar-refractivity contribution in [3.8, 4) is 12.3 Å². The van der Waals surface area contributed by atoms with Crippen LogP contribution in [0, 0.1) is 29.1 Å². The molecular weight excluding hydrogens is 182 g/mol. The first-order chi connectivity index (χ1) is 7.02. The van der Waals surface area contributed by atoms with E-state index in [0.717, 1.165) is 18.9 Å². The summed E-state index contributed by atoms with van der Waals surface area (Å²) in [5.74, 6) is 3.63. The number of rotatable bonds is 3. The van der Waals surface area contributed by atoms with Crippen molar-refractivity contribution in [3.05, 3.63) is 0 Å². The van der Waals surface area contributed by atoms with Crippen LogP contribution >= 0.6 is 0 Å². The molecule has 1 nitrogen and oxygen atoms in total. The Labute approximate surface area is 94.0 Å². The summed E-state index contributed by atoms with van der Waals surface area (Å²) in [5, 5.41) is 3.67. The molecule has 2 saturated carbocycles. The van der Waals surface area contributed by atoms with Crippen molar-refractivity contribution >= 4 is 0 Å². The van der Waals surface area contributed by atoms with Gasteiger partial charge in [-0.15, -0.1) is 12.3 Å². The molecule has 2 aliphatic carbocycles. The van der Waals surface area contributed by atoms with Crippen LogP contribution in [0.2, 0.25) is 0 Å². The van der Waals surface area contributed by atoms with Crippen molar-refractivity contribution < 1.29 is 0 Å². The Morgan fingerprint density at radius 2 is 2.13 bits per heavy atom. The molecule has 0 amide bonds. The van der Waals surface area contributed by atoms with Crippen LogP contribution in [0.1, 0.15) is 46.5 Å². The lowest BCUT2D eigenvalue weighted by Gasteiger charge is -2.39. The van der Waals surface area contributed by atoms with E-state index in [0.29, 0.717) is 16.9 Å². The second-order valence-electron chi connectivity index (χ2n) is 6.07. The van der Waals surface area contributed by atoms with Gasteiger partial charge in [0.15, 0.2) is 0 Å². The van der Waals surface area contributed by atoms with Gasteiger partial charge in [-0.05, 0) is 36.0 Å². The fourth-order valence-corrected chi connectivity index (χ4v) is 3.83. The lowest BCUT2D eigenvalue weighted by atomic mass is 9.69. The van der Waals surface area contributed by atoms with E-state index in [9.17, 15) is 0 Å². The van der Waals surface area contributed by atoms with Gasteiger partial charge in [0.25, 0.3) is 0 Å². The third-order valence-corrected chi connectivity index (χ3v) is 5.45. The van der Waals surface area contributed by atoms with Crippen LogP contribution in [-0.4, -0.2) is 12.6 Å². The molecule has 0 saturated heterocycles. The van der Waals surface area contributed by atoms with E-state index < -0.39 is 0 Å². The van der Waals surface area contributed by atoms with Crippen LogP contribution in [-0.2, 0) is 0 Å². The van der Waals surface area contributed by atoms with Gasteiger partial charge in [-0.3, -0.25) is 0 Å². The first kappa shape index (κ1) is 11.0. The molecule has 3 unspecified atom stereocenters. The van der Waals surface area contributed by atoms with Gasteiger partial charge < -0.3 is 5.32 Å². The second kappa shape index (κ2) is 3.52. The molecule has 2 aliphatic rings. The van der Waals surface area contributed by atoms with E-state index in [4.69, 9.17) is 6.42 Å². The Morgan fingerprint density at radius 1 is 1.40 bits per heavy atom.